The molecular weight excluding hydrogens is 569 g/mol. The molecule has 2 aliphatic rings. The van der Waals surface area contributed by atoms with Crippen LogP contribution in [0.2, 0.25) is 0 Å². The van der Waals surface area contributed by atoms with E-state index in [0.29, 0.717) is 5.92 Å². The normalized spacial score (nSPS) is 16.8. The molecule has 6 aromatic rings. The summed E-state index contributed by atoms with van der Waals surface area (Å²) in [5, 5.41) is 0. The number of fused-ring (bicyclic) bond motifs is 1. The standard InChI is InChI=1S/C45H40N2/c1-32-13-11-18-36-19-12-20-40(43(32)36)33-21-25-38(26-22-33)45(29-9-4-10-30-45)39-27-23-35(24-28-39)42-31-41(34-14-5-2-6-15-34)46-44(47-42)37-16-7-3-8-17-37/h2-3,5-8,11-12,14-28,31-32H,4,9-10,13,29-30H2,1H3. The Hall–Kier alpha value is -5.08. The molecule has 230 valence electrons. The molecule has 0 N–H and O–H groups in total. The number of hydrogen-bond acceptors (Lipinski definition) is 2. The van der Waals surface area contributed by atoms with Crippen molar-refractivity contribution in [2.45, 2.75) is 56.8 Å². The summed E-state index contributed by atoms with van der Waals surface area (Å²) < 4.78 is 0. The first-order valence-corrected chi connectivity index (χ1v) is 17.2. The molecule has 1 saturated carbocycles. The van der Waals surface area contributed by atoms with Gasteiger partial charge < -0.3 is 0 Å². The lowest BCUT2D eigenvalue weighted by atomic mass is 9.65. The summed E-state index contributed by atoms with van der Waals surface area (Å²) in [5.41, 5.74) is 13.5. The third-order valence-corrected chi connectivity index (χ3v) is 10.4. The molecule has 0 amide bonds. The van der Waals surface area contributed by atoms with Crippen molar-refractivity contribution in [2.75, 3.05) is 0 Å². The van der Waals surface area contributed by atoms with Crippen LogP contribution in [0.1, 0.15) is 73.6 Å². The molecule has 1 fully saturated rings. The van der Waals surface area contributed by atoms with Crippen LogP contribution in [0.4, 0.5) is 0 Å². The molecule has 8 rings (SSSR count). The van der Waals surface area contributed by atoms with Crippen LogP contribution in [-0.2, 0) is 5.41 Å². The molecule has 5 aromatic carbocycles. The number of allylic oxidation sites excluding steroid dienone is 1. The maximum atomic E-state index is 5.08. The molecule has 2 aliphatic carbocycles. The second-order valence-corrected chi connectivity index (χ2v) is 13.3. The Morgan fingerprint density at radius 2 is 1.13 bits per heavy atom. The van der Waals surface area contributed by atoms with Crippen LogP contribution >= 0.6 is 0 Å². The van der Waals surface area contributed by atoms with Crippen molar-refractivity contribution in [3.63, 3.8) is 0 Å². The Bertz CT molecular complexity index is 1960. The maximum Gasteiger partial charge on any atom is 0.160 e. The van der Waals surface area contributed by atoms with Gasteiger partial charge in [0.1, 0.15) is 0 Å². The lowest BCUT2D eigenvalue weighted by molar-refractivity contribution is 0.346. The van der Waals surface area contributed by atoms with Gasteiger partial charge in [-0.05, 0) is 64.6 Å². The van der Waals surface area contributed by atoms with Gasteiger partial charge in [-0.1, -0.05) is 166 Å². The monoisotopic (exact) mass is 608 g/mol. The fourth-order valence-electron chi connectivity index (χ4n) is 7.94. The number of aromatic nitrogens is 2. The molecule has 1 atom stereocenters. The van der Waals surface area contributed by atoms with Crippen molar-refractivity contribution >= 4 is 6.08 Å². The number of hydrogen-bond donors (Lipinski definition) is 0. The van der Waals surface area contributed by atoms with Gasteiger partial charge in [-0.15, -0.1) is 0 Å². The van der Waals surface area contributed by atoms with Crippen LogP contribution in [0.25, 0.3) is 51.1 Å². The SMILES string of the molecule is CC1CC=Cc2cccc(-c3ccc(C4(c5ccc(-c6cc(-c7ccccc7)nc(-c7ccccc7)n6)cc5)CCCCC4)cc3)c21. The maximum absolute atomic E-state index is 5.08. The second-order valence-electron chi connectivity index (χ2n) is 13.3. The van der Waals surface area contributed by atoms with Crippen LogP contribution in [0.5, 0.6) is 0 Å². The molecule has 0 spiro atoms. The molecule has 0 radical (unpaired) electrons. The highest BCUT2D eigenvalue weighted by Crippen LogP contribution is 2.46. The largest absolute Gasteiger partial charge is 0.228 e. The zero-order valence-corrected chi connectivity index (χ0v) is 27.1. The van der Waals surface area contributed by atoms with Gasteiger partial charge in [0.15, 0.2) is 5.82 Å². The van der Waals surface area contributed by atoms with Gasteiger partial charge in [-0.25, -0.2) is 9.97 Å². The van der Waals surface area contributed by atoms with E-state index >= 15 is 0 Å². The highest BCUT2D eigenvalue weighted by atomic mass is 14.9. The van der Waals surface area contributed by atoms with Crippen LogP contribution in [0.3, 0.4) is 0 Å². The molecule has 0 saturated heterocycles. The zero-order chi connectivity index (χ0) is 31.6. The molecular formula is C45H40N2. The molecule has 0 aliphatic heterocycles. The van der Waals surface area contributed by atoms with Crippen molar-refractivity contribution in [3.05, 3.63) is 162 Å². The highest BCUT2D eigenvalue weighted by Gasteiger charge is 2.35. The van der Waals surface area contributed by atoms with Crippen molar-refractivity contribution in [1.82, 2.24) is 9.97 Å². The molecule has 1 unspecified atom stereocenters. The van der Waals surface area contributed by atoms with E-state index in [-0.39, 0.29) is 5.41 Å². The molecule has 1 aromatic heterocycles. The summed E-state index contributed by atoms with van der Waals surface area (Å²) in [6, 6.07) is 48.5. The highest BCUT2D eigenvalue weighted by molar-refractivity contribution is 5.76. The van der Waals surface area contributed by atoms with Crippen LogP contribution < -0.4 is 0 Å². The number of nitrogens with zero attached hydrogens (tertiary/aromatic N) is 2. The van der Waals surface area contributed by atoms with Gasteiger partial charge in [-0.3, -0.25) is 0 Å². The van der Waals surface area contributed by atoms with Gasteiger partial charge in [0, 0.05) is 22.1 Å². The predicted molar refractivity (Wildman–Crippen MR) is 196 cm³/mol. The summed E-state index contributed by atoms with van der Waals surface area (Å²) in [6.45, 7) is 2.35. The van der Waals surface area contributed by atoms with E-state index in [4.69, 9.17) is 9.97 Å². The van der Waals surface area contributed by atoms with Gasteiger partial charge >= 0.3 is 0 Å². The van der Waals surface area contributed by atoms with Gasteiger partial charge in [0.2, 0.25) is 0 Å². The quantitative estimate of drug-likeness (QED) is 0.188. The Morgan fingerprint density at radius 1 is 0.553 bits per heavy atom. The smallest absolute Gasteiger partial charge is 0.160 e. The molecule has 0 bridgehead atoms. The minimum atomic E-state index is 0.0253. The Morgan fingerprint density at radius 3 is 1.77 bits per heavy atom. The van der Waals surface area contributed by atoms with E-state index in [1.54, 1.807) is 0 Å². The second kappa shape index (κ2) is 12.6. The van der Waals surface area contributed by atoms with Crippen LogP contribution in [-0.4, -0.2) is 9.97 Å². The third-order valence-electron chi connectivity index (χ3n) is 10.4. The lowest BCUT2D eigenvalue weighted by Crippen LogP contribution is -2.30. The average Bonchev–Trinajstić information content (AvgIpc) is 3.16. The van der Waals surface area contributed by atoms with Crippen molar-refractivity contribution in [3.8, 4) is 45.0 Å². The Balaban J connectivity index is 1.16. The van der Waals surface area contributed by atoms with Crippen LogP contribution in [0.15, 0.2) is 140 Å². The first kappa shape index (κ1) is 29.3. The van der Waals surface area contributed by atoms with Gasteiger partial charge in [-0.2, -0.15) is 0 Å². The summed E-state index contributed by atoms with van der Waals surface area (Å²) in [4.78, 5) is 10.1. The van der Waals surface area contributed by atoms with E-state index in [2.05, 4.69) is 128 Å². The molecule has 2 nitrogen and oxygen atoms in total. The van der Waals surface area contributed by atoms with E-state index in [0.717, 1.165) is 40.3 Å². The Labute approximate surface area is 278 Å². The van der Waals surface area contributed by atoms with Crippen molar-refractivity contribution in [1.29, 1.82) is 0 Å². The fourth-order valence-corrected chi connectivity index (χ4v) is 7.94. The summed E-state index contributed by atoms with van der Waals surface area (Å²) in [6.07, 6.45) is 11.9. The minimum Gasteiger partial charge on any atom is -0.228 e. The van der Waals surface area contributed by atoms with Gasteiger partial charge in [0.05, 0.1) is 11.4 Å². The zero-order valence-electron chi connectivity index (χ0n) is 27.1. The predicted octanol–water partition coefficient (Wildman–Crippen LogP) is 11.9. The lowest BCUT2D eigenvalue weighted by Gasteiger charge is -2.39. The Kier molecular flexibility index (Phi) is 7.87. The molecule has 2 heteroatoms. The number of benzene rings is 5. The summed E-state index contributed by atoms with van der Waals surface area (Å²) in [7, 11) is 0. The van der Waals surface area contributed by atoms with Gasteiger partial charge in [0.25, 0.3) is 0 Å². The average molecular weight is 609 g/mol. The molecule has 1 heterocycles. The summed E-state index contributed by atoms with van der Waals surface area (Å²) in [5.74, 6) is 1.29. The van der Waals surface area contributed by atoms with Crippen molar-refractivity contribution < 1.29 is 0 Å². The minimum absolute atomic E-state index is 0.0253. The fraction of sp³-hybridized carbons (Fsp3) is 0.200. The van der Waals surface area contributed by atoms with Crippen LogP contribution in [0, 0.1) is 0 Å². The van der Waals surface area contributed by atoms with E-state index in [9.17, 15) is 0 Å². The third kappa shape index (κ3) is 5.63. The summed E-state index contributed by atoms with van der Waals surface area (Å²) >= 11 is 0. The van der Waals surface area contributed by atoms with E-state index in [1.807, 2.05) is 24.3 Å². The first-order valence-electron chi connectivity index (χ1n) is 17.2. The van der Waals surface area contributed by atoms with E-state index in [1.165, 1.54) is 65.5 Å². The topological polar surface area (TPSA) is 25.8 Å². The van der Waals surface area contributed by atoms with Crippen molar-refractivity contribution in [2.24, 2.45) is 0 Å². The first-order chi connectivity index (χ1) is 23.2. The molecule has 47 heavy (non-hydrogen) atoms. The van der Waals surface area contributed by atoms with E-state index < -0.39 is 0 Å². The number of rotatable bonds is 6.